The minimum atomic E-state index is -1.81. The molecule has 0 saturated heterocycles. The van der Waals surface area contributed by atoms with E-state index in [0.29, 0.717) is 0 Å². The maximum Gasteiger partial charge on any atom is 0.189 e. The van der Waals surface area contributed by atoms with Crippen molar-refractivity contribution in [3.8, 4) is 0 Å². The summed E-state index contributed by atoms with van der Waals surface area (Å²) < 4.78 is -8.32. The van der Waals surface area contributed by atoms with Crippen LogP contribution in [0, 0.1) is 0 Å². The second kappa shape index (κ2) is 5.76. The molecule has 0 atom stereocenters. The van der Waals surface area contributed by atoms with E-state index in [-0.39, 0.29) is 0 Å². The molecule has 0 aromatic heterocycles. The van der Waals surface area contributed by atoms with Crippen molar-refractivity contribution in [1.82, 2.24) is 0 Å². The molecule has 0 heterocycles. The van der Waals surface area contributed by atoms with E-state index in [1.165, 1.54) is 6.92 Å². The molecule has 1 aliphatic rings. The molecule has 17 heavy (non-hydrogen) atoms. The van der Waals surface area contributed by atoms with Gasteiger partial charge in [0.1, 0.15) is 0 Å². The largest absolute Gasteiger partial charge is 0.189 e. The molecule has 0 N–H and O–H groups in total. The van der Waals surface area contributed by atoms with E-state index in [0.717, 1.165) is 0 Å². The fraction of sp³-hybridized carbons (Fsp3) is 1.00. The molecule has 0 spiro atoms. The molecule has 0 unspecified atom stereocenters. The molecule has 1 rings (SSSR count). The standard InChI is InChI=1S/C4Cl8.C2H3Cl3/c5-1(6)2(7,8)4(11,12)3(1,9)10;1-2(3,4)5/h;1H3. The van der Waals surface area contributed by atoms with Gasteiger partial charge in [0.15, 0.2) is 21.1 Å². The van der Waals surface area contributed by atoms with E-state index in [4.69, 9.17) is 128 Å². The number of halogens is 11. The molecule has 11 heteroatoms. The van der Waals surface area contributed by atoms with Crippen molar-refractivity contribution in [1.29, 1.82) is 0 Å². The van der Waals surface area contributed by atoms with Crippen LogP contribution in [0.4, 0.5) is 0 Å². The summed E-state index contributed by atoms with van der Waals surface area (Å²) in [6.45, 7) is 1.48. The zero-order valence-corrected chi connectivity index (χ0v) is 16.0. The second-order valence-electron chi connectivity index (χ2n) is 3.08. The third kappa shape index (κ3) is 3.69. The number of hydrogen-bond acceptors (Lipinski definition) is 0. The molecular formula is C6H3Cl11. The number of hydrogen-bond donors (Lipinski definition) is 0. The number of alkyl halides is 11. The Hall–Kier alpha value is 3.19. The summed E-state index contributed by atoms with van der Waals surface area (Å²) in [5, 5.41) is 0. The van der Waals surface area contributed by atoms with Crippen LogP contribution in [0.1, 0.15) is 6.92 Å². The monoisotopic (exact) mass is 460 g/mol. The average molecular weight is 465 g/mol. The molecule has 104 valence electrons. The third-order valence-electron chi connectivity index (χ3n) is 1.58. The summed E-state index contributed by atoms with van der Waals surface area (Å²) in [4.78, 5) is 0. The Balaban J connectivity index is 0.000000437. The van der Waals surface area contributed by atoms with Crippen molar-refractivity contribution in [2.75, 3.05) is 0 Å². The Bertz CT molecular complexity index is 215. The molecule has 0 aromatic rings. The van der Waals surface area contributed by atoms with Gasteiger partial charge in [0, 0.05) is 0 Å². The first kappa shape index (κ1) is 20.2. The highest BCUT2D eigenvalue weighted by Gasteiger charge is 2.87. The van der Waals surface area contributed by atoms with Gasteiger partial charge in [0.25, 0.3) is 0 Å². The lowest BCUT2D eigenvalue weighted by Crippen LogP contribution is -2.78. The van der Waals surface area contributed by atoms with Crippen molar-refractivity contribution >= 4 is 128 Å². The summed E-state index contributed by atoms with van der Waals surface area (Å²) in [5.41, 5.74) is 0. The van der Waals surface area contributed by atoms with Gasteiger partial charge in [0.2, 0.25) is 0 Å². The van der Waals surface area contributed by atoms with E-state index < -0.39 is 21.1 Å². The third-order valence-corrected chi connectivity index (χ3v) is 7.66. The fourth-order valence-electron chi connectivity index (χ4n) is 0.726. The van der Waals surface area contributed by atoms with Crippen LogP contribution in [-0.2, 0) is 0 Å². The van der Waals surface area contributed by atoms with Gasteiger partial charge in [-0.1, -0.05) is 128 Å². The first-order valence-electron chi connectivity index (χ1n) is 3.58. The van der Waals surface area contributed by atoms with E-state index in [1.807, 2.05) is 0 Å². The molecule has 0 radical (unpaired) electrons. The topological polar surface area (TPSA) is 0 Å². The maximum absolute atomic E-state index is 5.64. The van der Waals surface area contributed by atoms with Gasteiger partial charge in [-0.25, -0.2) is 0 Å². The van der Waals surface area contributed by atoms with Crippen LogP contribution in [0.3, 0.4) is 0 Å². The summed E-state index contributed by atoms with van der Waals surface area (Å²) in [5.74, 6) is 0. The van der Waals surface area contributed by atoms with Gasteiger partial charge in [-0.3, -0.25) is 0 Å². The molecule has 0 nitrogen and oxygen atoms in total. The first-order chi connectivity index (χ1) is 7.00. The van der Waals surface area contributed by atoms with Gasteiger partial charge >= 0.3 is 0 Å². The van der Waals surface area contributed by atoms with Crippen molar-refractivity contribution < 1.29 is 0 Å². The highest BCUT2D eigenvalue weighted by Crippen LogP contribution is 2.77. The Morgan fingerprint density at radius 1 is 0.529 bits per heavy atom. The van der Waals surface area contributed by atoms with E-state index in [9.17, 15) is 0 Å². The van der Waals surface area contributed by atoms with Crippen LogP contribution < -0.4 is 0 Å². The van der Waals surface area contributed by atoms with Crippen molar-refractivity contribution in [2.24, 2.45) is 0 Å². The lowest BCUT2D eigenvalue weighted by Gasteiger charge is -2.61. The maximum atomic E-state index is 5.64. The van der Waals surface area contributed by atoms with Gasteiger partial charge in [-0.2, -0.15) is 0 Å². The van der Waals surface area contributed by atoms with Gasteiger partial charge in [-0.05, 0) is 6.92 Å². The van der Waals surface area contributed by atoms with E-state index in [1.54, 1.807) is 0 Å². The van der Waals surface area contributed by atoms with E-state index >= 15 is 0 Å². The second-order valence-corrected chi connectivity index (χ2v) is 11.2. The van der Waals surface area contributed by atoms with Gasteiger partial charge in [-0.15, -0.1) is 0 Å². The Labute approximate surface area is 154 Å². The van der Waals surface area contributed by atoms with Gasteiger partial charge < -0.3 is 0 Å². The fourth-order valence-corrected chi connectivity index (χ4v) is 3.77. The van der Waals surface area contributed by atoms with Crippen LogP contribution in [-0.4, -0.2) is 21.1 Å². The van der Waals surface area contributed by atoms with Gasteiger partial charge in [0.05, 0.1) is 0 Å². The Morgan fingerprint density at radius 2 is 0.588 bits per heavy atom. The minimum Gasteiger partial charge on any atom is -0.0946 e. The quantitative estimate of drug-likeness (QED) is 0.336. The SMILES string of the molecule is CC(Cl)(Cl)Cl.ClC1(Cl)C(Cl)(Cl)C(Cl)(Cl)C1(Cl)Cl. The van der Waals surface area contributed by atoms with Crippen molar-refractivity contribution in [3.05, 3.63) is 0 Å². The smallest absolute Gasteiger partial charge is 0.0946 e. The molecule has 0 bridgehead atoms. The lowest BCUT2D eigenvalue weighted by molar-refractivity contribution is 0.368. The highest BCUT2D eigenvalue weighted by molar-refractivity contribution is 6.82. The molecule has 1 saturated carbocycles. The summed E-state index contributed by atoms with van der Waals surface area (Å²) >= 11 is 60.3. The zero-order chi connectivity index (χ0) is 14.5. The normalized spacial score (nSPS) is 27.5. The van der Waals surface area contributed by atoms with Crippen LogP contribution in [0.25, 0.3) is 0 Å². The Kier molecular flexibility index (Phi) is 6.85. The summed E-state index contributed by atoms with van der Waals surface area (Å²) in [7, 11) is 0. The molecule has 1 aliphatic carbocycles. The number of rotatable bonds is 0. The van der Waals surface area contributed by atoms with Crippen LogP contribution in [0.5, 0.6) is 0 Å². The lowest BCUT2D eigenvalue weighted by atomic mass is 9.93. The molecule has 0 aromatic carbocycles. The highest BCUT2D eigenvalue weighted by atomic mass is 35.6. The van der Waals surface area contributed by atoms with Crippen LogP contribution in [0.2, 0.25) is 0 Å². The zero-order valence-electron chi connectivity index (χ0n) is 7.66. The van der Waals surface area contributed by atoms with E-state index in [2.05, 4.69) is 0 Å². The molecule has 1 fully saturated rings. The molecule has 0 aliphatic heterocycles. The van der Waals surface area contributed by atoms with Crippen molar-refractivity contribution in [3.63, 3.8) is 0 Å². The predicted octanol–water partition coefficient (Wildman–Crippen LogP) is 7.07. The minimum absolute atomic E-state index is 1.08. The average Bonchev–Trinajstić information content (AvgIpc) is 1.98. The molecular weight excluding hydrogens is 462 g/mol. The summed E-state index contributed by atoms with van der Waals surface area (Å²) in [6, 6.07) is 0. The van der Waals surface area contributed by atoms with Crippen LogP contribution >= 0.6 is 128 Å². The Morgan fingerprint density at radius 3 is 0.647 bits per heavy atom. The summed E-state index contributed by atoms with van der Waals surface area (Å²) in [6.07, 6.45) is 0. The van der Waals surface area contributed by atoms with Crippen LogP contribution in [0.15, 0.2) is 0 Å². The van der Waals surface area contributed by atoms with Crippen molar-refractivity contribution in [2.45, 2.75) is 28.0 Å². The first-order valence-corrected chi connectivity index (χ1v) is 7.74. The predicted molar refractivity (Wildman–Crippen MR) is 83.7 cm³/mol. The molecule has 0 amide bonds.